The van der Waals surface area contributed by atoms with Crippen LogP contribution in [0.2, 0.25) is 0 Å². The van der Waals surface area contributed by atoms with Crippen molar-refractivity contribution < 1.29 is 14.2 Å². The highest BCUT2D eigenvalue weighted by Crippen LogP contribution is 2.39. The van der Waals surface area contributed by atoms with Gasteiger partial charge in [-0.1, -0.05) is 0 Å². The Labute approximate surface area is 195 Å². The third kappa shape index (κ3) is 5.37. The van der Waals surface area contributed by atoms with Crippen LogP contribution in [0.4, 0.5) is 17.8 Å². The topological polar surface area (TPSA) is 97.2 Å². The molecule has 4 rings (SSSR count). The van der Waals surface area contributed by atoms with Crippen LogP contribution in [0.3, 0.4) is 0 Å². The summed E-state index contributed by atoms with van der Waals surface area (Å²) in [6, 6.07) is 3.67. The van der Waals surface area contributed by atoms with Gasteiger partial charge in [-0.25, -0.2) is 5.43 Å². The summed E-state index contributed by atoms with van der Waals surface area (Å²) >= 11 is 0. The first kappa shape index (κ1) is 22.9. The molecular weight excluding hydrogens is 422 g/mol. The molecule has 2 aliphatic heterocycles. The minimum absolute atomic E-state index is 0.432. The molecule has 1 aromatic heterocycles. The largest absolute Gasteiger partial charge is 0.493 e. The smallest absolute Gasteiger partial charge is 0.250 e. The van der Waals surface area contributed by atoms with E-state index in [9.17, 15) is 0 Å². The van der Waals surface area contributed by atoms with Crippen LogP contribution < -0.4 is 29.4 Å². The van der Waals surface area contributed by atoms with Crippen LogP contribution in [0.5, 0.6) is 17.2 Å². The van der Waals surface area contributed by atoms with Crippen molar-refractivity contribution in [2.24, 2.45) is 5.10 Å². The molecule has 10 heteroatoms. The second-order valence-electron chi connectivity index (χ2n) is 8.15. The molecule has 0 saturated carbocycles. The number of methoxy groups -OCH3 is 3. The van der Waals surface area contributed by atoms with Crippen LogP contribution in [0, 0.1) is 0 Å². The number of hydrogen-bond acceptors (Lipinski definition) is 10. The summed E-state index contributed by atoms with van der Waals surface area (Å²) in [5.74, 6) is 3.51. The third-order valence-electron chi connectivity index (χ3n) is 5.99. The highest BCUT2D eigenvalue weighted by molar-refractivity contribution is 5.86. The fourth-order valence-corrected chi connectivity index (χ4v) is 4.26. The van der Waals surface area contributed by atoms with Crippen molar-refractivity contribution in [3.63, 3.8) is 0 Å². The minimum Gasteiger partial charge on any atom is -0.493 e. The van der Waals surface area contributed by atoms with Crippen LogP contribution in [0.25, 0.3) is 0 Å². The number of nitrogens with zero attached hydrogens (tertiary/aromatic N) is 6. The molecule has 0 aliphatic carbocycles. The zero-order valence-electron chi connectivity index (χ0n) is 19.7. The van der Waals surface area contributed by atoms with Crippen LogP contribution >= 0.6 is 0 Å². The molecule has 0 atom stereocenters. The number of benzene rings is 1. The standard InChI is InChI=1S/C23H33N7O3/c1-31-18-11-10-17(19(32-2)20(18)33-3)16-24-28-21-25-22(29-12-6-4-7-13-29)27-23(26-21)30-14-8-5-9-15-30/h10-11,16H,4-9,12-15H2,1-3H3,(H,25,26,27,28)/b24-16+. The van der Waals surface area contributed by atoms with Gasteiger partial charge in [0.1, 0.15) is 0 Å². The number of aromatic nitrogens is 3. The predicted molar refractivity (Wildman–Crippen MR) is 129 cm³/mol. The summed E-state index contributed by atoms with van der Waals surface area (Å²) < 4.78 is 16.3. The number of anilines is 3. The number of rotatable bonds is 8. The van der Waals surface area contributed by atoms with Crippen LogP contribution in [0.1, 0.15) is 44.1 Å². The van der Waals surface area contributed by atoms with E-state index in [0.29, 0.717) is 35.1 Å². The molecule has 3 heterocycles. The highest BCUT2D eigenvalue weighted by Gasteiger charge is 2.20. The molecule has 0 spiro atoms. The lowest BCUT2D eigenvalue weighted by Gasteiger charge is -2.30. The van der Waals surface area contributed by atoms with Crippen molar-refractivity contribution in [3.8, 4) is 17.2 Å². The Balaban J connectivity index is 1.58. The number of ether oxygens (including phenoxy) is 3. The van der Waals surface area contributed by atoms with Gasteiger partial charge < -0.3 is 24.0 Å². The van der Waals surface area contributed by atoms with Crippen LogP contribution in [0.15, 0.2) is 17.2 Å². The molecule has 10 nitrogen and oxygen atoms in total. The molecule has 0 bridgehead atoms. The van der Waals surface area contributed by atoms with Crippen molar-refractivity contribution >= 4 is 24.1 Å². The number of nitrogens with one attached hydrogen (secondary N) is 1. The summed E-state index contributed by atoms with van der Waals surface area (Å²) in [4.78, 5) is 18.6. The average Bonchev–Trinajstić information content (AvgIpc) is 2.89. The second kappa shape index (κ2) is 11.0. The predicted octanol–water partition coefficient (Wildman–Crippen LogP) is 3.32. The molecular formula is C23H33N7O3. The maximum Gasteiger partial charge on any atom is 0.250 e. The zero-order valence-corrected chi connectivity index (χ0v) is 19.7. The van der Waals surface area contributed by atoms with E-state index >= 15 is 0 Å². The molecule has 0 radical (unpaired) electrons. The Kier molecular flexibility index (Phi) is 7.64. The van der Waals surface area contributed by atoms with Gasteiger partial charge in [-0.3, -0.25) is 0 Å². The van der Waals surface area contributed by atoms with E-state index in [-0.39, 0.29) is 0 Å². The molecule has 0 amide bonds. The van der Waals surface area contributed by atoms with E-state index in [0.717, 1.165) is 57.4 Å². The molecule has 1 aromatic carbocycles. The normalized spacial score (nSPS) is 16.7. The molecule has 2 fully saturated rings. The van der Waals surface area contributed by atoms with Crippen LogP contribution in [-0.4, -0.2) is 68.7 Å². The lowest BCUT2D eigenvalue weighted by molar-refractivity contribution is 0.324. The second-order valence-corrected chi connectivity index (χ2v) is 8.15. The number of hydrogen-bond donors (Lipinski definition) is 1. The van der Waals surface area contributed by atoms with Gasteiger partial charge in [0.05, 0.1) is 27.5 Å². The Hall–Kier alpha value is -3.30. The maximum atomic E-state index is 5.53. The molecule has 0 unspecified atom stereocenters. The van der Waals surface area contributed by atoms with E-state index in [1.165, 1.54) is 12.8 Å². The fourth-order valence-electron chi connectivity index (χ4n) is 4.26. The van der Waals surface area contributed by atoms with Gasteiger partial charge >= 0.3 is 0 Å². The van der Waals surface area contributed by atoms with Crippen molar-refractivity contribution in [1.82, 2.24) is 15.0 Å². The summed E-state index contributed by atoms with van der Waals surface area (Å²) in [7, 11) is 4.76. The maximum absolute atomic E-state index is 5.53. The molecule has 1 N–H and O–H groups in total. The van der Waals surface area contributed by atoms with Gasteiger partial charge in [-0.05, 0) is 50.7 Å². The Morgan fingerprint density at radius 2 is 1.33 bits per heavy atom. The van der Waals surface area contributed by atoms with E-state index in [2.05, 4.69) is 30.3 Å². The molecule has 178 valence electrons. The number of piperidine rings is 2. The van der Waals surface area contributed by atoms with Gasteiger partial charge in [-0.2, -0.15) is 20.1 Å². The van der Waals surface area contributed by atoms with Crippen LogP contribution in [-0.2, 0) is 0 Å². The van der Waals surface area contributed by atoms with Crippen molar-refractivity contribution in [2.45, 2.75) is 38.5 Å². The lowest BCUT2D eigenvalue weighted by Crippen LogP contribution is -2.34. The first-order chi connectivity index (χ1) is 16.2. The minimum atomic E-state index is 0.432. The lowest BCUT2D eigenvalue weighted by atomic mass is 10.1. The zero-order chi connectivity index (χ0) is 23.0. The van der Waals surface area contributed by atoms with Crippen molar-refractivity contribution in [2.75, 3.05) is 62.7 Å². The Bertz CT molecular complexity index is 921. The summed E-state index contributed by atoms with van der Waals surface area (Å²) in [5, 5.41) is 4.38. The first-order valence-electron chi connectivity index (χ1n) is 11.6. The molecule has 2 aromatic rings. The van der Waals surface area contributed by atoms with E-state index in [4.69, 9.17) is 19.2 Å². The summed E-state index contributed by atoms with van der Waals surface area (Å²) in [6.45, 7) is 3.87. The highest BCUT2D eigenvalue weighted by atomic mass is 16.5. The molecule has 2 aliphatic rings. The Morgan fingerprint density at radius 3 is 1.85 bits per heavy atom. The van der Waals surface area contributed by atoms with Gasteiger partial charge in [0.15, 0.2) is 11.5 Å². The van der Waals surface area contributed by atoms with Gasteiger partial charge in [0.25, 0.3) is 0 Å². The summed E-state index contributed by atoms with van der Waals surface area (Å²) in [5.41, 5.74) is 3.74. The van der Waals surface area contributed by atoms with E-state index < -0.39 is 0 Å². The third-order valence-corrected chi connectivity index (χ3v) is 5.99. The van der Waals surface area contributed by atoms with E-state index in [1.807, 2.05) is 12.1 Å². The van der Waals surface area contributed by atoms with E-state index in [1.54, 1.807) is 27.5 Å². The summed E-state index contributed by atoms with van der Waals surface area (Å²) in [6.07, 6.45) is 8.79. The SMILES string of the molecule is COc1ccc(/C=N/Nc2nc(N3CCCCC3)nc(N3CCCCC3)n2)c(OC)c1OC. The van der Waals surface area contributed by atoms with Crippen molar-refractivity contribution in [3.05, 3.63) is 17.7 Å². The first-order valence-corrected chi connectivity index (χ1v) is 11.6. The monoisotopic (exact) mass is 455 g/mol. The quantitative estimate of drug-likeness (QED) is 0.475. The van der Waals surface area contributed by atoms with Gasteiger partial charge in [-0.15, -0.1) is 0 Å². The van der Waals surface area contributed by atoms with Gasteiger partial charge in [0, 0.05) is 31.7 Å². The average molecular weight is 456 g/mol. The number of hydrazone groups is 1. The van der Waals surface area contributed by atoms with Gasteiger partial charge in [0.2, 0.25) is 23.6 Å². The molecule has 2 saturated heterocycles. The van der Waals surface area contributed by atoms with Crippen molar-refractivity contribution in [1.29, 1.82) is 0 Å². The molecule has 33 heavy (non-hydrogen) atoms. The Morgan fingerprint density at radius 1 is 0.758 bits per heavy atom. The fraction of sp³-hybridized carbons (Fsp3) is 0.565.